The molecular formula is C13H9N5OS. The first kappa shape index (κ1) is 12.4. The zero-order valence-electron chi connectivity index (χ0n) is 10.2. The Morgan fingerprint density at radius 3 is 2.80 bits per heavy atom. The first-order valence-corrected chi connectivity index (χ1v) is 6.64. The minimum atomic E-state index is -0.274. The fourth-order valence-corrected chi connectivity index (χ4v) is 2.30. The van der Waals surface area contributed by atoms with Crippen LogP contribution in [0.25, 0.3) is 10.7 Å². The summed E-state index contributed by atoms with van der Waals surface area (Å²) in [6.07, 6.45) is 8.01. The number of hydrogen-bond acceptors (Lipinski definition) is 6. The Hall–Kier alpha value is -2.67. The number of pyridine rings is 1. The summed E-state index contributed by atoms with van der Waals surface area (Å²) in [7, 11) is 0. The molecule has 0 aliphatic rings. The number of rotatable bonds is 3. The molecule has 1 amide bonds. The first-order valence-electron chi connectivity index (χ1n) is 5.76. The van der Waals surface area contributed by atoms with Crippen LogP contribution in [-0.2, 0) is 0 Å². The molecule has 3 aromatic heterocycles. The van der Waals surface area contributed by atoms with Crippen LogP contribution >= 0.6 is 11.3 Å². The monoisotopic (exact) mass is 283 g/mol. The van der Waals surface area contributed by atoms with E-state index in [0.717, 1.165) is 0 Å². The maximum atomic E-state index is 12.0. The molecule has 0 saturated heterocycles. The van der Waals surface area contributed by atoms with Gasteiger partial charge in [-0.05, 0) is 12.1 Å². The average Bonchev–Trinajstić information content (AvgIpc) is 2.99. The molecule has 0 unspecified atom stereocenters. The van der Waals surface area contributed by atoms with E-state index in [4.69, 9.17) is 0 Å². The standard InChI is InChI=1S/C13H9N5OS/c19-12(17-9-2-1-3-14-6-9)11-8-20-13(18-11)10-7-15-4-5-16-10/h1-8H,(H,17,19). The van der Waals surface area contributed by atoms with Crippen molar-refractivity contribution in [3.05, 3.63) is 54.2 Å². The minimum absolute atomic E-state index is 0.274. The Labute approximate surface area is 118 Å². The van der Waals surface area contributed by atoms with Crippen LogP contribution in [0.15, 0.2) is 48.5 Å². The molecule has 98 valence electrons. The lowest BCUT2D eigenvalue weighted by Gasteiger charge is -2.01. The largest absolute Gasteiger partial charge is 0.319 e. The van der Waals surface area contributed by atoms with Crippen LogP contribution in [0.5, 0.6) is 0 Å². The number of aromatic nitrogens is 4. The van der Waals surface area contributed by atoms with Gasteiger partial charge in [-0.25, -0.2) is 4.98 Å². The molecule has 0 aliphatic carbocycles. The van der Waals surface area contributed by atoms with Crippen LogP contribution in [0.1, 0.15) is 10.5 Å². The Balaban J connectivity index is 1.79. The fraction of sp³-hybridized carbons (Fsp3) is 0. The van der Waals surface area contributed by atoms with E-state index in [1.807, 2.05) is 0 Å². The highest BCUT2D eigenvalue weighted by Gasteiger charge is 2.12. The van der Waals surface area contributed by atoms with Gasteiger partial charge in [-0.15, -0.1) is 11.3 Å². The molecule has 7 heteroatoms. The summed E-state index contributed by atoms with van der Waals surface area (Å²) in [5.74, 6) is -0.274. The summed E-state index contributed by atoms with van der Waals surface area (Å²) in [6, 6.07) is 3.52. The zero-order chi connectivity index (χ0) is 13.8. The molecule has 0 fully saturated rings. The van der Waals surface area contributed by atoms with Gasteiger partial charge in [0.1, 0.15) is 16.4 Å². The number of anilines is 1. The van der Waals surface area contributed by atoms with Gasteiger partial charge in [0.2, 0.25) is 0 Å². The molecule has 0 saturated carbocycles. The van der Waals surface area contributed by atoms with Crippen LogP contribution in [0, 0.1) is 0 Å². The molecule has 0 aliphatic heterocycles. The van der Waals surface area contributed by atoms with Gasteiger partial charge in [0.25, 0.3) is 5.91 Å². The Morgan fingerprint density at radius 2 is 2.05 bits per heavy atom. The highest BCUT2D eigenvalue weighted by atomic mass is 32.1. The number of amides is 1. The Kier molecular flexibility index (Phi) is 3.42. The number of hydrogen-bond donors (Lipinski definition) is 1. The lowest BCUT2D eigenvalue weighted by atomic mass is 10.4. The molecule has 1 N–H and O–H groups in total. The SMILES string of the molecule is O=C(Nc1cccnc1)c1csc(-c2cnccn2)n1. The van der Waals surface area contributed by atoms with Crippen LogP contribution in [-0.4, -0.2) is 25.8 Å². The van der Waals surface area contributed by atoms with Gasteiger partial charge in [-0.3, -0.25) is 19.7 Å². The topological polar surface area (TPSA) is 80.7 Å². The van der Waals surface area contributed by atoms with Crippen molar-refractivity contribution in [2.75, 3.05) is 5.32 Å². The van der Waals surface area contributed by atoms with E-state index in [2.05, 4.69) is 25.3 Å². The van der Waals surface area contributed by atoms with Crippen molar-refractivity contribution in [1.29, 1.82) is 0 Å². The fourth-order valence-electron chi connectivity index (χ4n) is 1.54. The number of carbonyl (C=O) groups is 1. The summed E-state index contributed by atoms with van der Waals surface area (Å²) >= 11 is 1.35. The number of thiazole rings is 1. The van der Waals surface area contributed by atoms with Gasteiger partial charge < -0.3 is 5.32 Å². The molecule has 0 atom stereocenters. The third-order valence-corrected chi connectivity index (χ3v) is 3.30. The van der Waals surface area contributed by atoms with E-state index in [1.54, 1.807) is 48.5 Å². The molecule has 0 spiro atoms. The van der Waals surface area contributed by atoms with Crippen molar-refractivity contribution in [2.24, 2.45) is 0 Å². The summed E-state index contributed by atoms with van der Waals surface area (Å²) in [5.41, 5.74) is 1.63. The molecule has 0 bridgehead atoms. The van der Waals surface area contributed by atoms with E-state index in [-0.39, 0.29) is 5.91 Å². The van der Waals surface area contributed by atoms with Gasteiger partial charge in [0.15, 0.2) is 0 Å². The van der Waals surface area contributed by atoms with E-state index >= 15 is 0 Å². The predicted molar refractivity (Wildman–Crippen MR) is 75.3 cm³/mol. The second-order valence-corrected chi connectivity index (χ2v) is 4.68. The third kappa shape index (κ3) is 2.67. The Morgan fingerprint density at radius 1 is 1.15 bits per heavy atom. The smallest absolute Gasteiger partial charge is 0.275 e. The number of carbonyl (C=O) groups excluding carboxylic acids is 1. The van der Waals surface area contributed by atoms with Gasteiger partial charge in [0, 0.05) is 24.0 Å². The second kappa shape index (κ2) is 5.54. The van der Waals surface area contributed by atoms with Crippen molar-refractivity contribution in [3.8, 4) is 10.7 Å². The summed E-state index contributed by atoms with van der Waals surface area (Å²) in [6.45, 7) is 0. The maximum absolute atomic E-state index is 12.0. The molecule has 3 rings (SSSR count). The highest BCUT2D eigenvalue weighted by molar-refractivity contribution is 7.13. The highest BCUT2D eigenvalue weighted by Crippen LogP contribution is 2.21. The van der Waals surface area contributed by atoms with Crippen LogP contribution in [0.3, 0.4) is 0 Å². The number of nitrogens with one attached hydrogen (secondary N) is 1. The van der Waals surface area contributed by atoms with Gasteiger partial charge in [0.05, 0.1) is 18.1 Å². The van der Waals surface area contributed by atoms with Crippen molar-refractivity contribution in [2.45, 2.75) is 0 Å². The minimum Gasteiger partial charge on any atom is -0.319 e. The maximum Gasteiger partial charge on any atom is 0.275 e. The van der Waals surface area contributed by atoms with Gasteiger partial charge in [-0.1, -0.05) is 0 Å². The van der Waals surface area contributed by atoms with Crippen LogP contribution in [0.2, 0.25) is 0 Å². The van der Waals surface area contributed by atoms with Crippen molar-refractivity contribution in [3.63, 3.8) is 0 Å². The summed E-state index contributed by atoms with van der Waals surface area (Å²) in [5, 5.41) is 5.08. The summed E-state index contributed by atoms with van der Waals surface area (Å²) in [4.78, 5) is 28.3. The van der Waals surface area contributed by atoms with E-state index in [0.29, 0.717) is 22.1 Å². The molecule has 3 heterocycles. The van der Waals surface area contributed by atoms with Crippen LogP contribution < -0.4 is 5.32 Å². The van der Waals surface area contributed by atoms with Gasteiger partial charge in [-0.2, -0.15) is 0 Å². The molecular weight excluding hydrogens is 274 g/mol. The van der Waals surface area contributed by atoms with E-state index in [1.165, 1.54) is 11.3 Å². The predicted octanol–water partition coefficient (Wildman–Crippen LogP) is 2.25. The van der Waals surface area contributed by atoms with E-state index < -0.39 is 0 Å². The lowest BCUT2D eigenvalue weighted by Crippen LogP contribution is -2.12. The second-order valence-electron chi connectivity index (χ2n) is 3.82. The average molecular weight is 283 g/mol. The van der Waals surface area contributed by atoms with E-state index in [9.17, 15) is 4.79 Å². The normalized spacial score (nSPS) is 10.2. The molecule has 6 nitrogen and oxygen atoms in total. The van der Waals surface area contributed by atoms with Gasteiger partial charge >= 0.3 is 0 Å². The van der Waals surface area contributed by atoms with Crippen molar-refractivity contribution in [1.82, 2.24) is 19.9 Å². The summed E-state index contributed by atoms with van der Waals surface area (Å²) < 4.78 is 0. The molecule has 3 aromatic rings. The van der Waals surface area contributed by atoms with Crippen LogP contribution in [0.4, 0.5) is 5.69 Å². The molecule has 20 heavy (non-hydrogen) atoms. The Bertz CT molecular complexity index is 714. The quantitative estimate of drug-likeness (QED) is 0.797. The third-order valence-electron chi connectivity index (χ3n) is 2.44. The zero-order valence-corrected chi connectivity index (χ0v) is 11.0. The molecule has 0 radical (unpaired) electrons. The van der Waals surface area contributed by atoms with Crippen molar-refractivity contribution >= 4 is 22.9 Å². The first-order chi connectivity index (χ1) is 9.83. The van der Waals surface area contributed by atoms with Crippen molar-refractivity contribution < 1.29 is 4.79 Å². The molecule has 0 aromatic carbocycles. The lowest BCUT2D eigenvalue weighted by molar-refractivity contribution is 0.102. The number of nitrogens with zero attached hydrogens (tertiary/aromatic N) is 4.